The average molecular weight is 261 g/mol. The van der Waals surface area contributed by atoms with Crippen molar-refractivity contribution >= 4 is 33.2 Å². The minimum Gasteiger partial charge on any atom is -0.466 e. The number of hydrogen-bond donors (Lipinski definition) is 0. The van der Waals surface area contributed by atoms with E-state index in [1.165, 1.54) is 4.88 Å². The molecule has 0 spiro atoms. The molecule has 1 aromatic rings. The number of rotatable bonds is 1. The molecule has 0 bridgehead atoms. The molecule has 2 nitrogen and oxygen atoms in total. The third kappa shape index (κ3) is 2.11. The molecular weight excluding hydrogens is 252 g/mol. The molecule has 0 aliphatic carbocycles. The van der Waals surface area contributed by atoms with Crippen LogP contribution in [0.5, 0.6) is 0 Å². The smallest absolute Gasteiger partial charge is 0.306 e. The number of halogens is 1. The fourth-order valence-electron chi connectivity index (χ4n) is 1.47. The summed E-state index contributed by atoms with van der Waals surface area (Å²) >= 11 is 5.12. The first-order valence-corrected chi connectivity index (χ1v) is 5.77. The fraction of sp³-hybridized carbons (Fsp3) is 0.444. The lowest BCUT2D eigenvalue weighted by molar-refractivity contribution is -0.147. The van der Waals surface area contributed by atoms with Crippen molar-refractivity contribution in [1.29, 1.82) is 0 Å². The fourth-order valence-corrected chi connectivity index (χ4v) is 3.03. The zero-order valence-corrected chi connectivity index (χ0v) is 9.36. The molecule has 70 valence electrons. The van der Waals surface area contributed by atoms with Crippen LogP contribution in [-0.4, -0.2) is 12.6 Å². The molecule has 4 heteroatoms. The predicted octanol–water partition coefficient (Wildman–Crippen LogP) is 2.93. The van der Waals surface area contributed by atoms with Crippen molar-refractivity contribution in [1.82, 2.24) is 0 Å². The van der Waals surface area contributed by atoms with Gasteiger partial charge in [0, 0.05) is 10.8 Å². The zero-order valence-electron chi connectivity index (χ0n) is 6.96. The molecule has 2 rings (SSSR count). The number of esters is 1. The molecule has 0 N–H and O–H groups in total. The van der Waals surface area contributed by atoms with Gasteiger partial charge in [0.05, 0.1) is 16.8 Å². The van der Waals surface area contributed by atoms with Crippen LogP contribution in [0.2, 0.25) is 0 Å². The molecule has 13 heavy (non-hydrogen) atoms. The van der Waals surface area contributed by atoms with Crippen LogP contribution in [-0.2, 0) is 9.53 Å². The van der Waals surface area contributed by atoms with Gasteiger partial charge in [-0.05, 0) is 34.5 Å². The van der Waals surface area contributed by atoms with E-state index in [4.69, 9.17) is 4.74 Å². The van der Waals surface area contributed by atoms with Gasteiger partial charge in [-0.3, -0.25) is 4.79 Å². The second-order valence-electron chi connectivity index (χ2n) is 3.05. The van der Waals surface area contributed by atoms with Crippen molar-refractivity contribution in [3.05, 3.63) is 20.8 Å². The average Bonchev–Trinajstić information content (AvgIpc) is 2.52. The van der Waals surface area contributed by atoms with Gasteiger partial charge in [-0.2, -0.15) is 0 Å². The summed E-state index contributed by atoms with van der Waals surface area (Å²) in [6.45, 7) is 0.568. The van der Waals surface area contributed by atoms with E-state index in [0.717, 1.165) is 10.2 Å². The SMILES string of the molecule is O=C1C[C@H](c2ccc(Br)s2)CCO1. The van der Waals surface area contributed by atoms with Crippen molar-refractivity contribution in [2.45, 2.75) is 18.8 Å². The van der Waals surface area contributed by atoms with Crippen LogP contribution in [0.4, 0.5) is 0 Å². The Labute approximate surface area is 89.0 Å². The van der Waals surface area contributed by atoms with E-state index in [1.807, 2.05) is 6.07 Å². The Morgan fingerprint density at radius 2 is 2.38 bits per heavy atom. The van der Waals surface area contributed by atoms with Crippen LogP contribution in [0.3, 0.4) is 0 Å². The van der Waals surface area contributed by atoms with Crippen molar-refractivity contribution in [3.63, 3.8) is 0 Å². The first kappa shape index (κ1) is 9.21. The summed E-state index contributed by atoms with van der Waals surface area (Å²) in [6.07, 6.45) is 1.49. The Morgan fingerprint density at radius 3 is 3.00 bits per heavy atom. The summed E-state index contributed by atoms with van der Waals surface area (Å²) in [5, 5.41) is 0. The molecule has 1 aliphatic rings. The highest BCUT2D eigenvalue weighted by atomic mass is 79.9. The summed E-state index contributed by atoms with van der Waals surface area (Å²) < 4.78 is 6.02. The quantitative estimate of drug-likeness (QED) is 0.726. The van der Waals surface area contributed by atoms with Crippen molar-refractivity contribution in [2.75, 3.05) is 6.61 Å². The molecule has 0 saturated carbocycles. The summed E-state index contributed by atoms with van der Waals surface area (Å²) in [4.78, 5) is 12.3. The highest BCUT2D eigenvalue weighted by Gasteiger charge is 2.23. The highest BCUT2D eigenvalue weighted by molar-refractivity contribution is 9.11. The molecule has 2 heterocycles. The van der Waals surface area contributed by atoms with Gasteiger partial charge < -0.3 is 4.74 Å². The molecule has 1 fully saturated rings. The van der Waals surface area contributed by atoms with Crippen molar-refractivity contribution in [2.24, 2.45) is 0 Å². The van der Waals surface area contributed by atoms with Crippen LogP contribution >= 0.6 is 27.3 Å². The second kappa shape index (κ2) is 3.80. The summed E-state index contributed by atoms with van der Waals surface area (Å²) in [5.41, 5.74) is 0. The van der Waals surface area contributed by atoms with Crippen LogP contribution < -0.4 is 0 Å². The van der Waals surface area contributed by atoms with Gasteiger partial charge >= 0.3 is 5.97 Å². The van der Waals surface area contributed by atoms with Gasteiger partial charge in [0.15, 0.2) is 0 Å². The minimum atomic E-state index is -0.0687. The largest absolute Gasteiger partial charge is 0.466 e. The Morgan fingerprint density at radius 1 is 1.54 bits per heavy atom. The molecule has 1 aromatic heterocycles. The van der Waals surface area contributed by atoms with E-state index in [9.17, 15) is 4.79 Å². The first-order chi connectivity index (χ1) is 6.25. The standard InChI is InChI=1S/C9H9BrO2S/c10-8-2-1-7(13-8)6-3-4-12-9(11)5-6/h1-2,6H,3-5H2/t6-/m1/s1. The lowest BCUT2D eigenvalue weighted by Gasteiger charge is -2.19. The van der Waals surface area contributed by atoms with Gasteiger partial charge in [-0.25, -0.2) is 0 Å². The number of carbonyl (C=O) groups is 1. The molecule has 0 radical (unpaired) electrons. The highest BCUT2D eigenvalue weighted by Crippen LogP contribution is 2.34. The molecule has 0 aromatic carbocycles. The molecule has 1 atom stereocenters. The van der Waals surface area contributed by atoms with E-state index >= 15 is 0 Å². The van der Waals surface area contributed by atoms with E-state index in [-0.39, 0.29) is 5.97 Å². The zero-order chi connectivity index (χ0) is 9.26. The topological polar surface area (TPSA) is 26.3 Å². The van der Waals surface area contributed by atoms with Crippen LogP contribution in [0.15, 0.2) is 15.9 Å². The Balaban J connectivity index is 2.12. The van der Waals surface area contributed by atoms with E-state index < -0.39 is 0 Å². The lowest BCUT2D eigenvalue weighted by Crippen LogP contribution is -2.18. The normalized spacial score (nSPS) is 22.8. The van der Waals surface area contributed by atoms with Crippen LogP contribution in [0, 0.1) is 0 Å². The lowest BCUT2D eigenvalue weighted by atomic mass is 9.98. The van der Waals surface area contributed by atoms with Gasteiger partial charge in [0.1, 0.15) is 0 Å². The van der Waals surface area contributed by atoms with Gasteiger partial charge in [-0.1, -0.05) is 0 Å². The summed E-state index contributed by atoms with van der Waals surface area (Å²) in [6, 6.07) is 4.11. The van der Waals surface area contributed by atoms with Gasteiger partial charge in [0.25, 0.3) is 0 Å². The maximum atomic E-state index is 11.0. The maximum Gasteiger partial charge on any atom is 0.306 e. The first-order valence-electron chi connectivity index (χ1n) is 4.16. The molecule has 0 unspecified atom stereocenters. The molecule has 0 amide bonds. The van der Waals surface area contributed by atoms with Crippen LogP contribution in [0.1, 0.15) is 23.6 Å². The number of carbonyl (C=O) groups excluding carboxylic acids is 1. The second-order valence-corrected chi connectivity index (χ2v) is 5.55. The van der Waals surface area contributed by atoms with Crippen molar-refractivity contribution in [3.8, 4) is 0 Å². The Hall–Kier alpha value is -0.350. The number of hydrogen-bond acceptors (Lipinski definition) is 3. The molecular formula is C9H9BrO2S. The van der Waals surface area contributed by atoms with E-state index in [0.29, 0.717) is 18.9 Å². The monoisotopic (exact) mass is 260 g/mol. The Kier molecular flexibility index (Phi) is 2.69. The Bertz CT molecular complexity index is 321. The predicted molar refractivity (Wildman–Crippen MR) is 55.0 cm³/mol. The number of ether oxygens (including phenoxy) is 1. The van der Waals surface area contributed by atoms with Gasteiger partial charge in [-0.15, -0.1) is 11.3 Å². The van der Waals surface area contributed by atoms with Crippen molar-refractivity contribution < 1.29 is 9.53 Å². The summed E-state index contributed by atoms with van der Waals surface area (Å²) in [7, 11) is 0. The molecule has 1 aliphatic heterocycles. The maximum absolute atomic E-state index is 11.0. The third-order valence-electron chi connectivity index (χ3n) is 2.14. The minimum absolute atomic E-state index is 0.0687. The van der Waals surface area contributed by atoms with E-state index in [1.54, 1.807) is 11.3 Å². The van der Waals surface area contributed by atoms with Gasteiger partial charge in [0.2, 0.25) is 0 Å². The van der Waals surface area contributed by atoms with E-state index in [2.05, 4.69) is 22.0 Å². The number of cyclic esters (lactones) is 1. The van der Waals surface area contributed by atoms with Crippen LogP contribution in [0.25, 0.3) is 0 Å². The third-order valence-corrected chi connectivity index (χ3v) is 3.92. The molecule has 1 saturated heterocycles. The number of thiophene rings is 1. The summed E-state index contributed by atoms with van der Waals surface area (Å²) in [5.74, 6) is 0.304.